The van der Waals surface area contributed by atoms with Crippen molar-refractivity contribution in [1.82, 2.24) is 0 Å². The molecule has 0 spiro atoms. The van der Waals surface area contributed by atoms with E-state index < -0.39 is 0 Å². The minimum Gasteiger partial charge on any atom is -0.0985 e. The summed E-state index contributed by atoms with van der Waals surface area (Å²) in [7, 11) is 0. The fourth-order valence-electron chi connectivity index (χ4n) is 3.50. The van der Waals surface area contributed by atoms with Gasteiger partial charge in [0.05, 0.1) is 0 Å². The van der Waals surface area contributed by atoms with Crippen LogP contribution in [0.2, 0.25) is 0 Å². The Hall–Kier alpha value is -2.86. The molecule has 0 fully saturated rings. The molecule has 0 aromatic heterocycles. The van der Waals surface area contributed by atoms with Gasteiger partial charge in [-0.05, 0) is 33.4 Å². The smallest absolute Gasteiger partial charge is 0.00639 e. The van der Waals surface area contributed by atoms with Gasteiger partial charge in [-0.1, -0.05) is 112 Å². The maximum Gasteiger partial charge on any atom is 0.00639 e. The monoisotopic (exact) mass is 338 g/mol. The molecular weight excluding hydrogens is 312 g/mol. The highest BCUT2D eigenvalue weighted by atomic mass is 14.2. The van der Waals surface area contributed by atoms with E-state index in [2.05, 4.69) is 99.8 Å². The molecule has 26 heavy (non-hydrogen) atoms. The highest BCUT2D eigenvalue weighted by Gasteiger charge is 2.17. The van der Waals surface area contributed by atoms with E-state index in [-0.39, 0.29) is 0 Å². The molecule has 2 atom stereocenters. The SMILES string of the molecule is C=Cc1ccc(C(C)c2ccccc2C(C)c2ccc(C=C)cc2)cc1. The molecule has 0 bridgehead atoms. The first kappa shape index (κ1) is 17.9. The first-order chi connectivity index (χ1) is 12.6. The van der Waals surface area contributed by atoms with Gasteiger partial charge < -0.3 is 0 Å². The Morgan fingerprint density at radius 1 is 0.577 bits per heavy atom. The fourth-order valence-corrected chi connectivity index (χ4v) is 3.50. The highest BCUT2D eigenvalue weighted by molar-refractivity contribution is 5.51. The quantitative estimate of drug-likeness (QED) is 0.443. The molecule has 0 N–H and O–H groups in total. The van der Waals surface area contributed by atoms with E-state index in [1.54, 1.807) is 0 Å². The zero-order valence-corrected chi connectivity index (χ0v) is 15.7. The lowest BCUT2D eigenvalue weighted by Gasteiger charge is -2.22. The van der Waals surface area contributed by atoms with Gasteiger partial charge in [-0.25, -0.2) is 0 Å². The van der Waals surface area contributed by atoms with E-state index in [0.29, 0.717) is 11.8 Å². The molecule has 3 rings (SSSR count). The van der Waals surface area contributed by atoms with Crippen LogP contribution in [-0.4, -0.2) is 0 Å². The fraction of sp³-hybridized carbons (Fsp3) is 0.154. The van der Waals surface area contributed by atoms with E-state index in [9.17, 15) is 0 Å². The average Bonchev–Trinajstić information content (AvgIpc) is 2.73. The average molecular weight is 338 g/mol. The van der Waals surface area contributed by atoms with Crippen molar-refractivity contribution >= 4 is 12.2 Å². The van der Waals surface area contributed by atoms with Crippen LogP contribution in [0.4, 0.5) is 0 Å². The Bertz CT molecular complexity index is 806. The molecule has 0 aliphatic heterocycles. The van der Waals surface area contributed by atoms with Crippen LogP contribution in [0.5, 0.6) is 0 Å². The lowest BCUT2D eigenvalue weighted by atomic mass is 9.82. The van der Waals surface area contributed by atoms with Gasteiger partial charge in [0.1, 0.15) is 0 Å². The Morgan fingerprint density at radius 2 is 0.923 bits per heavy atom. The standard InChI is InChI=1S/C26H26/c1-5-21-11-15-23(16-12-21)19(3)25-9-7-8-10-26(25)20(4)24-17-13-22(6-2)14-18-24/h5-20H,1-2H2,3-4H3. The summed E-state index contributed by atoms with van der Waals surface area (Å²) in [5.74, 6) is 0.694. The number of hydrogen-bond acceptors (Lipinski definition) is 0. The predicted octanol–water partition coefficient (Wildman–Crippen LogP) is 7.28. The molecule has 0 saturated carbocycles. The molecule has 0 radical (unpaired) electrons. The van der Waals surface area contributed by atoms with Gasteiger partial charge in [0.2, 0.25) is 0 Å². The zero-order chi connectivity index (χ0) is 18.5. The Labute approximate surface area is 157 Å². The van der Waals surface area contributed by atoms with E-state index in [4.69, 9.17) is 0 Å². The lowest BCUT2D eigenvalue weighted by Crippen LogP contribution is -2.05. The maximum absolute atomic E-state index is 3.84. The molecule has 0 saturated heterocycles. The summed E-state index contributed by atoms with van der Waals surface area (Å²) in [5, 5.41) is 0. The van der Waals surface area contributed by atoms with Gasteiger partial charge in [-0.15, -0.1) is 0 Å². The second kappa shape index (κ2) is 8.01. The Kier molecular flexibility index (Phi) is 5.53. The van der Waals surface area contributed by atoms with Crippen LogP contribution in [0.1, 0.15) is 59.1 Å². The largest absolute Gasteiger partial charge is 0.0985 e. The molecule has 130 valence electrons. The second-order valence-corrected chi connectivity index (χ2v) is 6.81. The summed E-state index contributed by atoms with van der Waals surface area (Å²) in [4.78, 5) is 0. The molecule has 0 heteroatoms. The van der Waals surface area contributed by atoms with Gasteiger partial charge in [-0.3, -0.25) is 0 Å². The van der Waals surface area contributed by atoms with Gasteiger partial charge in [0, 0.05) is 11.8 Å². The van der Waals surface area contributed by atoms with Crippen LogP contribution in [0.15, 0.2) is 86.0 Å². The van der Waals surface area contributed by atoms with Crippen molar-refractivity contribution in [3.63, 3.8) is 0 Å². The minimum atomic E-state index is 0.347. The second-order valence-electron chi connectivity index (χ2n) is 6.81. The topological polar surface area (TPSA) is 0 Å². The maximum atomic E-state index is 3.84. The van der Waals surface area contributed by atoms with E-state index in [1.165, 1.54) is 22.3 Å². The first-order valence-electron chi connectivity index (χ1n) is 9.17. The van der Waals surface area contributed by atoms with Crippen LogP contribution < -0.4 is 0 Å². The molecule has 0 aliphatic rings. The summed E-state index contributed by atoms with van der Waals surface area (Å²) in [5.41, 5.74) is 7.75. The van der Waals surface area contributed by atoms with Crippen molar-refractivity contribution in [3.8, 4) is 0 Å². The zero-order valence-electron chi connectivity index (χ0n) is 15.7. The normalized spacial score (nSPS) is 13.0. The summed E-state index contributed by atoms with van der Waals surface area (Å²) in [6.45, 7) is 12.3. The Morgan fingerprint density at radius 3 is 1.23 bits per heavy atom. The minimum absolute atomic E-state index is 0.347. The Balaban J connectivity index is 1.95. The summed E-state index contributed by atoms with van der Waals surface area (Å²) in [6, 6.07) is 26.2. The highest BCUT2D eigenvalue weighted by Crippen LogP contribution is 2.34. The molecule has 3 aromatic carbocycles. The van der Waals surface area contributed by atoms with Crippen LogP contribution in [0, 0.1) is 0 Å². The van der Waals surface area contributed by atoms with Crippen molar-refractivity contribution in [1.29, 1.82) is 0 Å². The van der Waals surface area contributed by atoms with Crippen LogP contribution in [0.3, 0.4) is 0 Å². The molecule has 0 nitrogen and oxygen atoms in total. The van der Waals surface area contributed by atoms with E-state index in [0.717, 1.165) is 11.1 Å². The molecule has 3 aromatic rings. The molecule has 0 aliphatic carbocycles. The van der Waals surface area contributed by atoms with Crippen LogP contribution in [0.25, 0.3) is 12.2 Å². The van der Waals surface area contributed by atoms with Crippen molar-refractivity contribution in [3.05, 3.63) is 119 Å². The van der Waals surface area contributed by atoms with E-state index in [1.807, 2.05) is 12.2 Å². The van der Waals surface area contributed by atoms with Crippen molar-refractivity contribution < 1.29 is 0 Å². The van der Waals surface area contributed by atoms with Crippen molar-refractivity contribution in [2.45, 2.75) is 25.7 Å². The lowest BCUT2D eigenvalue weighted by molar-refractivity contribution is 0.843. The number of rotatable bonds is 6. The summed E-state index contributed by atoms with van der Waals surface area (Å²) >= 11 is 0. The van der Waals surface area contributed by atoms with Gasteiger partial charge >= 0.3 is 0 Å². The van der Waals surface area contributed by atoms with Crippen LogP contribution >= 0.6 is 0 Å². The van der Waals surface area contributed by atoms with Gasteiger partial charge in [0.15, 0.2) is 0 Å². The molecular formula is C26H26. The van der Waals surface area contributed by atoms with Crippen molar-refractivity contribution in [2.24, 2.45) is 0 Å². The summed E-state index contributed by atoms with van der Waals surface area (Å²) in [6.07, 6.45) is 3.77. The van der Waals surface area contributed by atoms with Gasteiger partial charge in [0.25, 0.3) is 0 Å². The third-order valence-corrected chi connectivity index (χ3v) is 5.27. The summed E-state index contributed by atoms with van der Waals surface area (Å²) < 4.78 is 0. The molecule has 0 amide bonds. The molecule has 2 unspecified atom stereocenters. The van der Waals surface area contributed by atoms with E-state index >= 15 is 0 Å². The number of benzene rings is 3. The number of hydrogen-bond donors (Lipinski definition) is 0. The molecule has 0 heterocycles. The third kappa shape index (κ3) is 3.70. The van der Waals surface area contributed by atoms with Gasteiger partial charge in [-0.2, -0.15) is 0 Å². The first-order valence-corrected chi connectivity index (χ1v) is 9.17. The third-order valence-electron chi connectivity index (χ3n) is 5.27. The van der Waals surface area contributed by atoms with Crippen molar-refractivity contribution in [2.75, 3.05) is 0 Å². The van der Waals surface area contributed by atoms with Crippen LogP contribution in [-0.2, 0) is 0 Å². The predicted molar refractivity (Wildman–Crippen MR) is 115 cm³/mol.